The van der Waals surface area contributed by atoms with Gasteiger partial charge in [0.15, 0.2) is 11.5 Å². The van der Waals surface area contributed by atoms with Crippen molar-refractivity contribution in [1.29, 1.82) is 0 Å². The maximum atomic E-state index is 12.1. The zero-order chi connectivity index (χ0) is 20.2. The lowest BCUT2D eigenvalue weighted by Crippen LogP contribution is -2.41. The Balaban J connectivity index is 2.72. The van der Waals surface area contributed by atoms with Crippen LogP contribution in [0.3, 0.4) is 0 Å². The van der Waals surface area contributed by atoms with Gasteiger partial charge in [0.25, 0.3) is 0 Å². The maximum absolute atomic E-state index is 12.1. The minimum atomic E-state index is -0.962. The van der Waals surface area contributed by atoms with Gasteiger partial charge < -0.3 is 24.6 Å². The number of hydrogen-bond donors (Lipinski definition) is 2. The predicted molar refractivity (Wildman–Crippen MR) is 98.1 cm³/mol. The minimum Gasteiger partial charge on any atom is -0.504 e. The third kappa shape index (κ3) is 7.81. The highest BCUT2D eigenvalue weighted by Gasteiger charge is 2.22. The van der Waals surface area contributed by atoms with Crippen LogP contribution in [0, 0.1) is 0 Å². The van der Waals surface area contributed by atoms with Crippen LogP contribution in [-0.2, 0) is 23.9 Å². The molecule has 0 unspecified atom stereocenters. The van der Waals surface area contributed by atoms with Gasteiger partial charge in [0.1, 0.15) is 6.04 Å². The summed E-state index contributed by atoms with van der Waals surface area (Å²) in [6.45, 7) is 3.74. The number of benzene rings is 1. The molecule has 8 heteroatoms. The maximum Gasteiger partial charge on any atom is 0.328 e. The minimum absolute atomic E-state index is 0.0202. The third-order valence-electron chi connectivity index (χ3n) is 3.46. The van der Waals surface area contributed by atoms with Gasteiger partial charge in [-0.05, 0) is 44.0 Å². The van der Waals surface area contributed by atoms with Gasteiger partial charge >= 0.3 is 11.9 Å². The highest BCUT2D eigenvalue weighted by molar-refractivity contribution is 5.94. The van der Waals surface area contributed by atoms with Crippen LogP contribution in [0.5, 0.6) is 11.5 Å². The molecule has 1 amide bonds. The number of ether oxygens (including phenoxy) is 3. The van der Waals surface area contributed by atoms with Crippen molar-refractivity contribution in [2.24, 2.45) is 0 Å². The largest absolute Gasteiger partial charge is 0.504 e. The van der Waals surface area contributed by atoms with E-state index < -0.39 is 23.9 Å². The molecule has 0 spiro atoms. The van der Waals surface area contributed by atoms with E-state index in [9.17, 15) is 19.5 Å². The topological polar surface area (TPSA) is 111 Å². The van der Waals surface area contributed by atoms with Crippen LogP contribution in [0.1, 0.15) is 32.3 Å². The number of rotatable bonds is 10. The first-order valence-corrected chi connectivity index (χ1v) is 8.59. The first kappa shape index (κ1) is 22.0. The lowest BCUT2D eigenvalue weighted by molar-refractivity contribution is -0.148. The smallest absolute Gasteiger partial charge is 0.328 e. The van der Waals surface area contributed by atoms with Crippen LogP contribution in [0.15, 0.2) is 24.3 Å². The molecular weight excluding hydrogens is 354 g/mol. The summed E-state index contributed by atoms with van der Waals surface area (Å²) in [7, 11) is 1.43. The van der Waals surface area contributed by atoms with E-state index in [0.717, 1.165) is 0 Å². The Hall–Kier alpha value is -3.03. The van der Waals surface area contributed by atoms with E-state index in [2.05, 4.69) is 5.32 Å². The van der Waals surface area contributed by atoms with Gasteiger partial charge in [-0.25, -0.2) is 4.79 Å². The summed E-state index contributed by atoms with van der Waals surface area (Å²) in [6, 6.07) is 3.70. The molecule has 0 aliphatic rings. The average Bonchev–Trinajstić information content (AvgIpc) is 2.64. The van der Waals surface area contributed by atoms with Gasteiger partial charge in [-0.1, -0.05) is 6.07 Å². The molecule has 8 nitrogen and oxygen atoms in total. The Morgan fingerprint density at radius 2 is 1.89 bits per heavy atom. The molecule has 1 rings (SSSR count). The van der Waals surface area contributed by atoms with Crippen molar-refractivity contribution in [3.8, 4) is 11.5 Å². The van der Waals surface area contributed by atoms with E-state index in [1.54, 1.807) is 26.0 Å². The van der Waals surface area contributed by atoms with Crippen molar-refractivity contribution in [2.75, 3.05) is 20.3 Å². The third-order valence-corrected chi connectivity index (χ3v) is 3.46. The van der Waals surface area contributed by atoms with Gasteiger partial charge in [0, 0.05) is 12.5 Å². The Kier molecular flexibility index (Phi) is 9.42. The van der Waals surface area contributed by atoms with Gasteiger partial charge in [-0.15, -0.1) is 0 Å². The second-order valence-electron chi connectivity index (χ2n) is 5.42. The first-order valence-electron chi connectivity index (χ1n) is 8.59. The Morgan fingerprint density at radius 3 is 2.48 bits per heavy atom. The molecule has 0 saturated carbocycles. The van der Waals surface area contributed by atoms with Gasteiger partial charge in [-0.3, -0.25) is 9.59 Å². The number of amides is 1. The monoisotopic (exact) mass is 379 g/mol. The molecule has 0 saturated heterocycles. The molecule has 0 radical (unpaired) electrons. The van der Waals surface area contributed by atoms with Crippen molar-refractivity contribution >= 4 is 23.9 Å². The Morgan fingerprint density at radius 1 is 1.19 bits per heavy atom. The summed E-state index contributed by atoms with van der Waals surface area (Å²) in [5, 5.41) is 12.2. The summed E-state index contributed by atoms with van der Waals surface area (Å²) >= 11 is 0. The molecule has 27 heavy (non-hydrogen) atoms. The number of phenolic OH excluding ortho intramolecular Hbond substituents is 1. The number of carbonyl (C=O) groups excluding carboxylic acids is 3. The van der Waals surface area contributed by atoms with Crippen molar-refractivity contribution in [3.63, 3.8) is 0 Å². The van der Waals surface area contributed by atoms with Crippen LogP contribution in [0.2, 0.25) is 0 Å². The van der Waals surface area contributed by atoms with Gasteiger partial charge in [0.2, 0.25) is 5.91 Å². The Labute approximate surface area is 158 Å². The van der Waals surface area contributed by atoms with Crippen LogP contribution in [0.25, 0.3) is 6.08 Å². The number of nitrogens with one attached hydrogen (secondary N) is 1. The number of aromatic hydroxyl groups is 1. The standard InChI is InChI=1S/C19H25NO7/c1-4-26-18(23)11-8-14(19(24)27-5-2)20-17(22)10-7-13-6-9-16(25-3)15(21)12-13/h6-7,9-10,12,14,21H,4-5,8,11H2,1-3H3,(H,20,22)/b10-7+/t14-/m0/s1. The molecular formula is C19H25NO7. The van der Waals surface area contributed by atoms with Crippen LogP contribution in [-0.4, -0.2) is 49.3 Å². The number of phenols is 1. The summed E-state index contributed by atoms with van der Waals surface area (Å²) in [5.74, 6) is -1.35. The van der Waals surface area contributed by atoms with Crippen molar-refractivity contribution < 1.29 is 33.7 Å². The summed E-state index contributed by atoms with van der Waals surface area (Å²) in [4.78, 5) is 35.6. The molecule has 0 fully saturated rings. The fourth-order valence-corrected chi connectivity index (χ4v) is 2.19. The van der Waals surface area contributed by atoms with Crippen LogP contribution in [0.4, 0.5) is 0 Å². The number of carbonyl (C=O) groups is 3. The summed E-state index contributed by atoms with van der Waals surface area (Å²) in [5.41, 5.74) is 0.572. The molecule has 0 bridgehead atoms. The second-order valence-corrected chi connectivity index (χ2v) is 5.42. The normalized spacial score (nSPS) is 11.7. The second kappa shape index (κ2) is 11.6. The molecule has 1 atom stereocenters. The molecule has 0 heterocycles. The average molecular weight is 379 g/mol. The van der Waals surface area contributed by atoms with Crippen LogP contribution >= 0.6 is 0 Å². The van der Waals surface area contributed by atoms with E-state index in [1.807, 2.05) is 0 Å². The van der Waals surface area contributed by atoms with E-state index >= 15 is 0 Å². The molecule has 1 aromatic rings. The SMILES string of the molecule is CCOC(=O)CC[C@H](NC(=O)/C=C/c1ccc(OC)c(O)c1)C(=O)OCC. The zero-order valence-electron chi connectivity index (χ0n) is 15.7. The fraction of sp³-hybridized carbons (Fsp3) is 0.421. The van der Waals surface area contributed by atoms with Gasteiger partial charge in [0.05, 0.1) is 20.3 Å². The lowest BCUT2D eigenvalue weighted by atomic mass is 10.1. The van der Waals surface area contributed by atoms with E-state index in [1.165, 1.54) is 25.3 Å². The molecule has 2 N–H and O–H groups in total. The van der Waals surface area contributed by atoms with Gasteiger partial charge in [-0.2, -0.15) is 0 Å². The molecule has 1 aromatic carbocycles. The van der Waals surface area contributed by atoms with E-state index in [-0.39, 0.29) is 31.8 Å². The number of methoxy groups -OCH3 is 1. The van der Waals surface area contributed by atoms with E-state index in [0.29, 0.717) is 11.3 Å². The molecule has 0 aliphatic carbocycles. The molecule has 0 aliphatic heterocycles. The van der Waals surface area contributed by atoms with Crippen molar-refractivity contribution in [2.45, 2.75) is 32.7 Å². The molecule has 0 aromatic heterocycles. The van der Waals surface area contributed by atoms with Crippen molar-refractivity contribution in [1.82, 2.24) is 5.32 Å². The Bertz CT molecular complexity index is 685. The zero-order valence-corrected chi connectivity index (χ0v) is 15.7. The number of hydrogen-bond acceptors (Lipinski definition) is 7. The lowest BCUT2D eigenvalue weighted by Gasteiger charge is -2.16. The van der Waals surface area contributed by atoms with Crippen LogP contribution < -0.4 is 10.1 Å². The fourth-order valence-electron chi connectivity index (χ4n) is 2.19. The van der Waals surface area contributed by atoms with E-state index in [4.69, 9.17) is 14.2 Å². The number of esters is 2. The first-order chi connectivity index (χ1) is 12.9. The predicted octanol–water partition coefficient (Wildman–Crippen LogP) is 1.81. The highest BCUT2D eigenvalue weighted by atomic mass is 16.5. The highest BCUT2D eigenvalue weighted by Crippen LogP contribution is 2.26. The molecule has 148 valence electrons. The summed E-state index contributed by atoms with van der Waals surface area (Å²) in [6.07, 6.45) is 2.74. The van der Waals surface area contributed by atoms with Crippen molar-refractivity contribution in [3.05, 3.63) is 29.8 Å². The quantitative estimate of drug-likeness (QED) is 0.471. The summed E-state index contributed by atoms with van der Waals surface area (Å²) < 4.78 is 14.7.